The van der Waals surface area contributed by atoms with Crippen LogP contribution in [0.1, 0.15) is 53.4 Å². The quantitative estimate of drug-likeness (QED) is 0.783. The first kappa shape index (κ1) is 14.6. The number of hydrogen-bond acceptors (Lipinski definition) is 4. The maximum absolute atomic E-state index is 12.4. The van der Waals surface area contributed by atoms with Gasteiger partial charge in [0.15, 0.2) is 0 Å². The third-order valence-corrected chi connectivity index (χ3v) is 3.93. The molecule has 0 aromatic carbocycles. The van der Waals surface area contributed by atoms with Crippen molar-refractivity contribution < 1.29 is 19.4 Å². The lowest BCUT2D eigenvalue weighted by atomic mass is 9.77. The molecule has 5 heteroatoms. The Morgan fingerprint density at radius 2 is 2.00 bits per heavy atom. The van der Waals surface area contributed by atoms with E-state index in [9.17, 15) is 9.90 Å². The Bertz CT molecular complexity index is 326. The minimum Gasteiger partial charge on any atom is -0.444 e. The molecule has 1 amide bonds. The van der Waals surface area contributed by atoms with Gasteiger partial charge in [0.2, 0.25) is 0 Å². The predicted molar refractivity (Wildman–Crippen MR) is 70.7 cm³/mol. The summed E-state index contributed by atoms with van der Waals surface area (Å²) < 4.78 is 11.2. The van der Waals surface area contributed by atoms with E-state index < -0.39 is 23.5 Å². The Kier molecular flexibility index (Phi) is 3.80. The van der Waals surface area contributed by atoms with Crippen LogP contribution in [-0.2, 0) is 9.47 Å². The average molecular weight is 271 g/mol. The van der Waals surface area contributed by atoms with Crippen LogP contribution < -0.4 is 0 Å². The zero-order valence-corrected chi connectivity index (χ0v) is 12.3. The highest BCUT2D eigenvalue weighted by atomic mass is 16.6. The van der Waals surface area contributed by atoms with Crippen molar-refractivity contribution in [2.45, 2.75) is 76.9 Å². The molecule has 1 N–H and O–H groups in total. The third-order valence-electron chi connectivity index (χ3n) is 3.93. The molecule has 2 heterocycles. The van der Waals surface area contributed by atoms with Gasteiger partial charge in [0.05, 0.1) is 18.2 Å². The minimum absolute atomic E-state index is 0.330. The van der Waals surface area contributed by atoms with E-state index >= 15 is 0 Å². The van der Waals surface area contributed by atoms with Crippen LogP contribution in [0, 0.1) is 0 Å². The van der Waals surface area contributed by atoms with Crippen LogP contribution in [0.3, 0.4) is 0 Å². The van der Waals surface area contributed by atoms with E-state index in [1.54, 1.807) is 6.92 Å². The second-order valence-electron chi connectivity index (χ2n) is 6.72. The summed E-state index contributed by atoms with van der Waals surface area (Å²) in [6.07, 6.45) is 2.66. The second-order valence-corrected chi connectivity index (χ2v) is 6.72. The topological polar surface area (TPSA) is 59.0 Å². The van der Waals surface area contributed by atoms with Crippen LogP contribution in [-0.4, -0.2) is 46.2 Å². The Morgan fingerprint density at radius 1 is 1.42 bits per heavy atom. The van der Waals surface area contributed by atoms with E-state index in [4.69, 9.17) is 9.47 Å². The van der Waals surface area contributed by atoms with Gasteiger partial charge in [-0.05, 0) is 53.4 Å². The van der Waals surface area contributed by atoms with Gasteiger partial charge in [-0.15, -0.1) is 0 Å². The summed E-state index contributed by atoms with van der Waals surface area (Å²) in [4.78, 5) is 13.8. The van der Waals surface area contributed by atoms with Gasteiger partial charge < -0.3 is 14.6 Å². The molecule has 2 saturated heterocycles. The highest BCUT2D eigenvalue weighted by molar-refractivity contribution is 5.69. The highest BCUT2D eigenvalue weighted by Gasteiger charge is 2.49. The van der Waals surface area contributed by atoms with Gasteiger partial charge in [-0.2, -0.15) is 0 Å². The molecular formula is C14H25NO4. The third kappa shape index (κ3) is 3.03. The van der Waals surface area contributed by atoms with Gasteiger partial charge in [0, 0.05) is 0 Å². The van der Waals surface area contributed by atoms with Crippen LogP contribution in [0.25, 0.3) is 0 Å². The van der Waals surface area contributed by atoms with E-state index in [0.717, 1.165) is 25.7 Å². The van der Waals surface area contributed by atoms with E-state index in [-0.39, 0.29) is 0 Å². The maximum atomic E-state index is 12.4. The van der Waals surface area contributed by atoms with Gasteiger partial charge in [-0.3, -0.25) is 4.90 Å². The van der Waals surface area contributed by atoms with Crippen LogP contribution in [0.5, 0.6) is 0 Å². The Balaban J connectivity index is 2.17. The number of hydrogen-bond donors (Lipinski definition) is 1. The maximum Gasteiger partial charge on any atom is 0.412 e. The molecule has 1 unspecified atom stereocenters. The molecule has 0 radical (unpaired) electrons. The van der Waals surface area contributed by atoms with Crippen molar-refractivity contribution in [2.24, 2.45) is 0 Å². The number of amides is 1. The molecular weight excluding hydrogens is 246 g/mol. The van der Waals surface area contributed by atoms with Crippen molar-refractivity contribution in [3.05, 3.63) is 0 Å². The lowest BCUT2D eigenvalue weighted by Crippen LogP contribution is -2.63. The van der Waals surface area contributed by atoms with Crippen LogP contribution in [0.4, 0.5) is 4.79 Å². The SMILES string of the molecule is CC(O)N(C(=O)OC(C)(C)C)C12CCC(CC1)OC2. The van der Waals surface area contributed by atoms with Gasteiger partial charge in [-0.25, -0.2) is 4.79 Å². The lowest BCUT2D eigenvalue weighted by Gasteiger charge is -2.52. The lowest BCUT2D eigenvalue weighted by molar-refractivity contribution is -0.164. The van der Waals surface area contributed by atoms with Crippen LogP contribution >= 0.6 is 0 Å². The molecule has 3 rings (SSSR count). The number of aliphatic hydroxyl groups is 1. The largest absolute Gasteiger partial charge is 0.444 e. The van der Waals surface area contributed by atoms with Gasteiger partial charge in [-0.1, -0.05) is 0 Å². The van der Waals surface area contributed by atoms with Gasteiger partial charge in [0.25, 0.3) is 0 Å². The standard InChI is InChI=1S/C14H25NO4/c1-10(16)15(12(17)19-13(2,3)4)14-7-5-11(6-8-14)18-9-14/h10-11,16H,5-9H2,1-4H3. The van der Waals surface area contributed by atoms with Crippen molar-refractivity contribution in [3.63, 3.8) is 0 Å². The fraction of sp³-hybridized carbons (Fsp3) is 0.929. The van der Waals surface area contributed by atoms with Crippen molar-refractivity contribution in [1.29, 1.82) is 0 Å². The monoisotopic (exact) mass is 271 g/mol. The van der Waals surface area contributed by atoms with Crippen molar-refractivity contribution in [1.82, 2.24) is 4.90 Å². The smallest absolute Gasteiger partial charge is 0.412 e. The number of carbonyl (C=O) groups is 1. The molecule has 2 bridgehead atoms. The molecule has 1 aliphatic carbocycles. The molecule has 0 aromatic rings. The first-order valence-corrected chi connectivity index (χ1v) is 7.05. The minimum atomic E-state index is -0.868. The number of aliphatic hydroxyl groups excluding tert-OH is 1. The number of nitrogens with zero attached hydrogens (tertiary/aromatic N) is 1. The number of ether oxygens (including phenoxy) is 2. The summed E-state index contributed by atoms with van der Waals surface area (Å²) in [5, 5.41) is 10.0. The molecule has 110 valence electrons. The molecule has 3 aliphatic rings. The van der Waals surface area contributed by atoms with Crippen molar-refractivity contribution in [3.8, 4) is 0 Å². The van der Waals surface area contributed by atoms with E-state index in [1.165, 1.54) is 4.90 Å². The first-order valence-electron chi connectivity index (χ1n) is 7.05. The molecule has 5 nitrogen and oxygen atoms in total. The molecule has 1 atom stereocenters. The fourth-order valence-corrected chi connectivity index (χ4v) is 3.08. The highest BCUT2D eigenvalue weighted by Crippen LogP contribution is 2.41. The molecule has 0 spiro atoms. The molecule has 2 aliphatic heterocycles. The van der Waals surface area contributed by atoms with Crippen LogP contribution in [0.2, 0.25) is 0 Å². The second kappa shape index (κ2) is 4.94. The van der Waals surface area contributed by atoms with E-state index in [2.05, 4.69) is 0 Å². The summed E-state index contributed by atoms with van der Waals surface area (Å²) in [6.45, 7) is 7.60. The van der Waals surface area contributed by atoms with Crippen molar-refractivity contribution in [2.75, 3.05) is 6.61 Å². The van der Waals surface area contributed by atoms with Gasteiger partial charge in [0.1, 0.15) is 11.8 Å². The molecule has 1 saturated carbocycles. The Labute approximate surface area is 114 Å². The molecule has 0 aromatic heterocycles. The summed E-state index contributed by atoms with van der Waals surface area (Å²) in [5.74, 6) is 0. The molecule has 19 heavy (non-hydrogen) atoms. The Morgan fingerprint density at radius 3 is 2.37 bits per heavy atom. The van der Waals surface area contributed by atoms with Crippen LogP contribution in [0.15, 0.2) is 0 Å². The predicted octanol–water partition coefficient (Wildman–Crippen LogP) is 2.27. The zero-order valence-electron chi connectivity index (χ0n) is 12.3. The summed E-state index contributed by atoms with van der Waals surface area (Å²) in [7, 11) is 0. The fourth-order valence-electron chi connectivity index (χ4n) is 3.08. The van der Waals surface area contributed by atoms with E-state index in [0.29, 0.717) is 12.7 Å². The first-order chi connectivity index (χ1) is 8.73. The Hall–Kier alpha value is -0.810. The summed E-state index contributed by atoms with van der Waals surface area (Å²) in [5.41, 5.74) is -0.959. The van der Waals surface area contributed by atoms with Crippen molar-refractivity contribution >= 4 is 6.09 Å². The zero-order chi connectivity index (χ0) is 14.3. The van der Waals surface area contributed by atoms with E-state index in [1.807, 2.05) is 20.8 Å². The summed E-state index contributed by atoms with van der Waals surface area (Å²) >= 11 is 0. The van der Waals surface area contributed by atoms with Gasteiger partial charge >= 0.3 is 6.09 Å². The molecule has 3 fully saturated rings. The number of fused-ring (bicyclic) bond motifs is 3. The number of carbonyl (C=O) groups excluding carboxylic acids is 1. The average Bonchev–Trinajstić information content (AvgIpc) is 2.27. The summed E-state index contributed by atoms with van der Waals surface area (Å²) in [6, 6.07) is 0. The number of rotatable bonds is 2. The normalized spacial score (nSPS) is 31.9.